The molecule has 0 bridgehead atoms. The number of ether oxygens (including phenoxy) is 2. The van der Waals surface area contributed by atoms with Crippen LogP contribution in [-0.4, -0.2) is 23.4 Å². The van der Waals surface area contributed by atoms with E-state index in [0.717, 1.165) is 34.9 Å². The summed E-state index contributed by atoms with van der Waals surface area (Å²) in [5.74, 6) is 1.59. The first-order valence-corrected chi connectivity index (χ1v) is 8.78. The Kier molecular flexibility index (Phi) is 3.49. The number of aromatic nitrogens is 1. The molecule has 1 unspecified atom stereocenters. The molecule has 2 aromatic carbocycles. The third kappa shape index (κ3) is 2.54. The summed E-state index contributed by atoms with van der Waals surface area (Å²) < 4.78 is 12.0. The van der Waals surface area contributed by atoms with Crippen molar-refractivity contribution in [1.82, 2.24) is 4.98 Å². The van der Waals surface area contributed by atoms with E-state index in [9.17, 15) is 0 Å². The van der Waals surface area contributed by atoms with Crippen molar-refractivity contribution in [3.05, 3.63) is 72.1 Å². The molecule has 0 spiro atoms. The molecule has 2 aliphatic rings. The maximum absolute atomic E-state index is 6.13. The molecule has 0 N–H and O–H groups in total. The van der Waals surface area contributed by atoms with E-state index in [2.05, 4.69) is 24.0 Å². The SMILES string of the molecule is Cc1cc2c(cc1-c1ccncc1)N=C(C1COc3ccccc3O1)C2. The van der Waals surface area contributed by atoms with Crippen LogP contribution in [0.5, 0.6) is 11.5 Å². The monoisotopic (exact) mass is 342 g/mol. The zero-order valence-corrected chi connectivity index (χ0v) is 14.5. The van der Waals surface area contributed by atoms with Crippen LogP contribution in [0, 0.1) is 6.92 Å². The van der Waals surface area contributed by atoms with Crippen LogP contribution in [-0.2, 0) is 6.42 Å². The van der Waals surface area contributed by atoms with Crippen molar-refractivity contribution in [1.29, 1.82) is 0 Å². The number of rotatable bonds is 2. The maximum Gasteiger partial charge on any atom is 0.171 e. The molecule has 0 saturated carbocycles. The highest BCUT2D eigenvalue weighted by Gasteiger charge is 2.29. The summed E-state index contributed by atoms with van der Waals surface area (Å²) in [5.41, 5.74) is 6.91. The molecule has 128 valence electrons. The fourth-order valence-corrected chi connectivity index (χ4v) is 3.60. The van der Waals surface area contributed by atoms with Gasteiger partial charge >= 0.3 is 0 Å². The first kappa shape index (κ1) is 15.1. The summed E-state index contributed by atoms with van der Waals surface area (Å²) in [6, 6.07) is 16.3. The average Bonchev–Trinajstić information content (AvgIpc) is 3.10. The Labute approximate surface area is 152 Å². The lowest BCUT2D eigenvalue weighted by molar-refractivity contribution is 0.134. The second-order valence-corrected chi connectivity index (χ2v) is 6.68. The minimum Gasteiger partial charge on any atom is -0.485 e. The summed E-state index contributed by atoms with van der Waals surface area (Å²) in [6.07, 6.45) is 4.31. The highest BCUT2D eigenvalue weighted by Crippen LogP contribution is 2.37. The largest absolute Gasteiger partial charge is 0.485 e. The summed E-state index contributed by atoms with van der Waals surface area (Å²) in [5, 5.41) is 0. The summed E-state index contributed by atoms with van der Waals surface area (Å²) in [6.45, 7) is 2.64. The highest BCUT2D eigenvalue weighted by molar-refractivity contribution is 5.98. The molecule has 4 nitrogen and oxygen atoms in total. The standard InChI is InChI=1S/C22H18N2O2/c1-14-10-16-11-19(22-13-25-20-4-2-3-5-21(20)26-22)24-18(16)12-17(14)15-6-8-23-9-7-15/h2-10,12,22H,11,13H2,1H3. The van der Waals surface area contributed by atoms with Crippen LogP contribution in [0.3, 0.4) is 0 Å². The molecule has 5 rings (SSSR count). The van der Waals surface area contributed by atoms with Gasteiger partial charge in [0.2, 0.25) is 0 Å². The van der Waals surface area contributed by atoms with Crippen molar-refractivity contribution in [3.8, 4) is 22.6 Å². The summed E-state index contributed by atoms with van der Waals surface area (Å²) in [7, 11) is 0. The van der Waals surface area contributed by atoms with Gasteiger partial charge in [0.25, 0.3) is 0 Å². The van der Waals surface area contributed by atoms with E-state index in [1.165, 1.54) is 16.7 Å². The van der Waals surface area contributed by atoms with E-state index in [0.29, 0.717) is 6.61 Å². The fourth-order valence-electron chi connectivity index (χ4n) is 3.60. The third-order valence-corrected chi connectivity index (χ3v) is 4.93. The third-order valence-electron chi connectivity index (χ3n) is 4.93. The number of hydrogen-bond donors (Lipinski definition) is 0. The van der Waals surface area contributed by atoms with E-state index < -0.39 is 0 Å². The number of hydrogen-bond acceptors (Lipinski definition) is 4. The van der Waals surface area contributed by atoms with Gasteiger partial charge in [0.1, 0.15) is 6.61 Å². The van der Waals surface area contributed by atoms with Crippen LogP contribution in [0.2, 0.25) is 0 Å². The summed E-state index contributed by atoms with van der Waals surface area (Å²) >= 11 is 0. The lowest BCUT2D eigenvalue weighted by Crippen LogP contribution is -2.36. The molecule has 1 atom stereocenters. The van der Waals surface area contributed by atoms with Crippen molar-refractivity contribution in [2.45, 2.75) is 19.4 Å². The molecule has 0 amide bonds. The number of para-hydroxylation sites is 2. The van der Waals surface area contributed by atoms with E-state index >= 15 is 0 Å². The Hall–Kier alpha value is -3.14. The van der Waals surface area contributed by atoms with Crippen LogP contribution >= 0.6 is 0 Å². The van der Waals surface area contributed by atoms with Gasteiger partial charge in [-0.3, -0.25) is 9.98 Å². The molecular weight excluding hydrogens is 324 g/mol. The minimum absolute atomic E-state index is 0.137. The number of nitrogens with zero attached hydrogens (tertiary/aromatic N) is 2. The van der Waals surface area contributed by atoms with Crippen molar-refractivity contribution >= 4 is 11.4 Å². The van der Waals surface area contributed by atoms with Crippen LogP contribution in [0.4, 0.5) is 5.69 Å². The molecule has 0 aliphatic carbocycles. The Morgan fingerprint density at radius 2 is 1.81 bits per heavy atom. The average molecular weight is 342 g/mol. The number of benzene rings is 2. The van der Waals surface area contributed by atoms with Crippen molar-refractivity contribution in [2.75, 3.05) is 6.61 Å². The van der Waals surface area contributed by atoms with Gasteiger partial charge in [-0.05, 0) is 59.5 Å². The Balaban J connectivity index is 1.46. The minimum atomic E-state index is -0.137. The molecule has 1 aromatic heterocycles. The normalized spacial score (nSPS) is 17.6. The van der Waals surface area contributed by atoms with Crippen LogP contribution in [0.15, 0.2) is 65.9 Å². The van der Waals surface area contributed by atoms with Crippen LogP contribution in [0.1, 0.15) is 11.1 Å². The van der Waals surface area contributed by atoms with Gasteiger partial charge in [0, 0.05) is 18.8 Å². The number of aryl methyl sites for hydroxylation is 1. The Morgan fingerprint density at radius 1 is 1.00 bits per heavy atom. The zero-order chi connectivity index (χ0) is 17.5. The van der Waals surface area contributed by atoms with Crippen LogP contribution < -0.4 is 9.47 Å². The number of aliphatic imine (C=N–C) groups is 1. The summed E-state index contributed by atoms with van der Waals surface area (Å²) in [4.78, 5) is 8.98. The smallest absolute Gasteiger partial charge is 0.171 e. The second-order valence-electron chi connectivity index (χ2n) is 6.68. The lowest BCUT2D eigenvalue weighted by atomic mass is 9.96. The van der Waals surface area contributed by atoms with E-state index in [-0.39, 0.29) is 6.10 Å². The fraction of sp³-hybridized carbons (Fsp3) is 0.182. The van der Waals surface area contributed by atoms with E-state index in [4.69, 9.17) is 14.5 Å². The first-order chi connectivity index (χ1) is 12.8. The van der Waals surface area contributed by atoms with Crippen molar-refractivity contribution in [2.24, 2.45) is 4.99 Å². The molecule has 0 saturated heterocycles. The van der Waals surface area contributed by atoms with Gasteiger partial charge in [-0.25, -0.2) is 0 Å². The molecular formula is C22H18N2O2. The molecule has 2 aliphatic heterocycles. The molecule has 4 heteroatoms. The highest BCUT2D eigenvalue weighted by atomic mass is 16.6. The Morgan fingerprint density at radius 3 is 2.65 bits per heavy atom. The zero-order valence-electron chi connectivity index (χ0n) is 14.5. The molecule has 0 radical (unpaired) electrons. The van der Waals surface area contributed by atoms with Gasteiger partial charge in [0.05, 0.1) is 11.4 Å². The topological polar surface area (TPSA) is 43.7 Å². The van der Waals surface area contributed by atoms with Gasteiger partial charge in [-0.1, -0.05) is 18.2 Å². The van der Waals surface area contributed by atoms with Gasteiger partial charge in [-0.2, -0.15) is 0 Å². The Bertz CT molecular complexity index is 1010. The van der Waals surface area contributed by atoms with Crippen molar-refractivity contribution < 1.29 is 9.47 Å². The van der Waals surface area contributed by atoms with Gasteiger partial charge in [0.15, 0.2) is 17.6 Å². The van der Waals surface area contributed by atoms with Gasteiger partial charge in [-0.15, -0.1) is 0 Å². The quantitative estimate of drug-likeness (QED) is 0.687. The number of pyridine rings is 1. The number of fused-ring (bicyclic) bond motifs is 2. The first-order valence-electron chi connectivity index (χ1n) is 8.78. The maximum atomic E-state index is 6.13. The van der Waals surface area contributed by atoms with Crippen LogP contribution in [0.25, 0.3) is 11.1 Å². The predicted molar refractivity (Wildman–Crippen MR) is 102 cm³/mol. The van der Waals surface area contributed by atoms with E-state index in [1.54, 1.807) is 0 Å². The van der Waals surface area contributed by atoms with Gasteiger partial charge < -0.3 is 9.47 Å². The lowest BCUT2D eigenvalue weighted by Gasteiger charge is -2.26. The molecule has 26 heavy (non-hydrogen) atoms. The molecule has 3 aromatic rings. The van der Waals surface area contributed by atoms with Crippen molar-refractivity contribution in [3.63, 3.8) is 0 Å². The molecule has 0 fully saturated rings. The predicted octanol–water partition coefficient (Wildman–Crippen LogP) is 4.53. The van der Waals surface area contributed by atoms with E-state index in [1.807, 2.05) is 48.8 Å². The second kappa shape index (κ2) is 5.99. The molecule has 3 heterocycles.